The molecule has 0 heterocycles. The van der Waals surface area contributed by atoms with E-state index in [1.165, 1.54) is 0 Å². The molecule has 0 aromatic rings. The first kappa shape index (κ1) is 8.47. The molecule has 2 heteroatoms. The Kier molecular flexibility index (Phi) is 5.27. The maximum Gasteiger partial charge on any atom is 0.116 e. The van der Waals surface area contributed by atoms with E-state index in [-0.39, 0.29) is 0 Å². The van der Waals surface area contributed by atoms with Gasteiger partial charge in [0.05, 0.1) is 5.71 Å². The molecule has 0 aliphatic heterocycles. The summed E-state index contributed by atoms with van der Waals surface area (Å²) in [5.41, 5.74) is 0.948. The molecule has 0 spiro atoms. The summed E-state index contributed by atoms with van der Waals surface area (Å²) in [7, 11) is 0. The van der Waals surface area contributed by atoms with Gasteiger partial charge in [0.1, 0.15) is 6.61 Å². The van der Waals surface area contributed by atoms with Crippen LogP contribution in [0.15, 0.2) is 5.16 Å². The normalized spacial score (nSPS) is 11.7. The fourth-order valence-corrected chi connectivity index (χ4v) is 0.293. The second-order valence-corrected chi connectivity index (χ2v) is 1.91. The van der Waals surface area contributed by atoms with Gasteiger partial charge in [0.25, 0.3) is 0 Å². The van der Waals surface area contributed by atoms with Crippen molar-refractivity contribution in [2.24, 2.45) is 5.16 Å². The van der Waals surface area contributed by atoms with E-state index in [0.29, 0.717) is 6.61 Å². The molecule has 0 atom stereocenters. The summed E-state index contributed by atoms with van der Waals surface area (Å²) in [4.78, 5) is 4.88. The van der Waals surface area contributed by atoms with Gasteiger partial charge in [-0.05, 0) is 26.7 Å². The Labute approximate surface area is 56.9 Å². The number of nitrogens with zero attached hydrogens (tertiary/aromatic N) is 1. The quantitative estimate of drug-likeness (QED) is 0.322. The van der Waals surface area contributed by atoms with Gasteiger partial charge in [-0.25, -0.2) is 0 Å². The highest BCUT2D eigenvalue weighted by Crippen LogP contribution is 1.86. The Hall–Kier alpha value is -0.530. The third-order valence-electron chi connectivity index (χ3n) is 0.878. The summed E-state index contributed by atoms with van der Waals surface area (Å²) in [6, 6.07) is 0. The Bertz CT molecular complexity index is 88.9. The molecular weight excluding hydrogens is 114 g/mol. The first-order valence-electron chi connectivity index (χ1n) is 3.26. The Balaban J connectivity index is 3.21. The Morgan fingerprint density at radius 2 is 2.33 bits per heavy atom. The molecule has 0 aliphatic rings. The highest BCUT2D eigenvalue weighted by Gasteiger charge is 1.83. The number of hydrogen-bond donors (Lipinski definition) is 0. The minimum absolute atomic E-state index is 0.706. The van der Waals surface area contributed by atoms with E-state index in [1.54, 1.807) is 0 Å². The zero-order valence-electron chi connectivity index (χ0n) is 6.18. The van der Waals surface area contributed by atoms with Gasteiger partial charge >= 0.3 is 0 Å². The predicted molar refractivity (Wildman–Crippen MR) is 39.3 cm³/mol. The first-order valence-corrected chi connectivity index (χ1v) is 3.26. The van der Waals surface area contributed by atoms with Crippen molar-refractivity contribution in [3.05, 3.63) is 6.92 Å². The van der Waals surface area contributed by atoms with Crippen LogP contribution in [0.1, 0.15) is 26.7 Å². The van der Waals surface area contributed by atoms with Gasteiger partial charge < -0.3 is 4.84 Å². The molecule has 9 heavy (non-hydrogen) atoms. The van der Waals surface area contributed by atoms with Crippen LogP contribution in [0.2, 0.25) is 0 Å². The molecule has 0 N–H and O–H groups in total. The van der Waals surface area contributed by atoms with E-state index in [2.05, 4.69) is 19.0 Å². The largest absolute Gasteiger partial charge is 0.396 e. The second kappa shape index (κ2) is 5.60. The molecular formula is C7H14NO. The van der Waals surface area contributed by atoms with Crippen molar-refractivity contribution >= 4 is 5.71 Å². The van der Waals surface area contributed by atoms with Crippen LogP contribution in [0.4, 0.5) is 0 Å². The molecule has 2 nitrogen and oxygen atoms in total. The summed E-state index contributed by atoms with van der Waals surface area (Å²) in [5, 5.41) is 3.79. The van der Waals surface area contributed by atoms with Crippen molar-refractivity contribution < 1.29 is 4.84 Å². The van der Waals surface area contributed by atoms with Crippen LogP contribution in [0.5, 0.6) is 0 Å². The van der Waals surface area contributed by atoms with E-state index in [1.807, 2.05) is 6.92 Å². The molecule has 0 rings (SSSR count). The molecule has 0 aliphatic carbocycles. The van der Waals surface area contributed by atoms with Gasteiger partial charge in [-0.3, -0.25) is 0 Å². The summed E-state index contributed by atoms with van der Waals surface area (Å²) in [6.07, 6.45) is 1.73. The van der Waals surface area contributed by atoms with Crippen molar-refractivity contribution in [1.82, 2.24) is 0 Å². The number of hydrogen-bond acceptors (Lipinski definition) is 2. The van der Waals surface area contributed by atoms with Crippen LogP contribution in [-0.4, -0.2) is 12.3 Å². The predicted octanol–water partition coefficient (Wildman–Crippen LogP) is 2.01. The molecule has 0 saturated heterocycles. The molecule has 0 saturated carbocycles. The van der Waals surface area contributed by atoms with Gasteiger partial charge in [0.2, 0.25) is 0 Å². The third-order valence-corrected chi connectivity index (χ3v) is 0.878. The summed E-state index contributed by atoms with van der Waals surface area (Å²) in [5.74, 6) is 0. The maximum atomic E-state index is 4.88. The van der Waals surface area contributed by atoms with Crippen molar-refractivity contribution in [2.45, 2.75) is 26.7 Å². The van der Waals surface area contributed by atoms with Crippen LogP contribution in [0.25, 0.3) is 0 Å². The van der Waals surface area contributed by atoms with Crippen LogP contribution < -0.4 is 0 Å². The molecule has 0 amide bonds. The van der Waals surface area contributed by atoms with E-state index in [9.17, 15) is 0 Å². The monoisotopic (exact) mass is 128 g/mol. The third kappa shape index (κ3) is 5.34. The highest BCUT2D eigenvalue weighted by molar-refractivity contribution is 5.81. The molecule has 53 valence electrons. The van der Waals surface area contributed by atoms with Crippen molar-refractivity contribution in [2.75, 3.05) is 6.61 Å². The van der Waals surface area contributed by atoms with Gasteiger partial charge in [-0.1, -0.05) is 12.1 Å². The van der Waals surface area contributed by atoms with Crippen LogP contribution in [0, 0.1) is 6.92 Å². The molecule has 0 unspecified atom stereocenters. The Morgan fingerprint density at radius 3 is 2.78 bits per heavy atom. The lowest BCUT2D eigenvalue weighted by Gasteiger charge is -1.95. The van der Waals surface area contributed by atoms with Crippen molar-refractivity contribution in [3.63, 3.8) is 0 Å². The molecule has 0 fully saturated rings. The maximum absolute atomic E-state index is 4.88. The molecule has 0 bridgehead atoms. The minimum atomic E-state index is 0.706. The Morgan fingerprint density at radius 1 is 1.67 bits per heavy atom. The fraction of sp³-hybridized carbons (Fsp3) is 0.714. The second-order valence-electron chi connectivity index (χ2n) is 1.91. The van der Waals surface area contributed by atoms with Crippen LogP contribution in [-0.2, 0) is 4.84 Å². The molecule has 0 aromatic heterocycles. The lowest BCUT2D eigenvalue weighted by molar-refractivity contribution is 0.144. The highest BCUT2D eigenvalue weighted by atomic mass is 16.6. The van der Waals surface area contributed by atoms with Crippen molar-refractivity contribution in [3.8, 4) is 0 Å². The smallest absolute Gasteiger partial charge is 0.116 e. The van der Waals surface area contributed by atoms with Gasteiger partial charge in [0, 0.05) is 0 Å². The minimum Gasteiger partial charge on any atom is -0.396 e. The van der Waals surface area contributed by atoms with Gasteiger partial charge in [0.15, 0.2) is 0 Å². The first-order chi connectivity index (χ1) is 4.31. The zero-order chi connectivity index (χ0) is 7.11. The average molecular weight is 128 g/mol. The van der Waals surface area contributed by atoms with Crippen molar-refractivity contribution in [1.29, 1.82) is 0 Å². The lowest BCUT2D eigenvalue weighted by atomic mass is 10.3. The summed E-state index contributed by atoms with van der Waals surface area (Å²) < 4.78 is 0. The standard InChI is InChI=1S/C7H14NO/c1-4-6-9-8-7(3)5-2/h2,4-6H2,1,3H3. The fourth-order valence-electron chi connectivity index (χ4n) is 0.293. The molecule has 0 aromatic carbocycles. The molecule has 1 radical (unpaired) electrons. The van der Waals surface area contributed by atoms with Gasteiger partial charge in [-0.15, -0.1) is 0 Å². The van der Waals surface area contributed by atoms with E-state index in [0.717, 1.165) is 18.6 Å². The van der Waals surface area contributed by atoms with Gasteiger partial charge in [-0.2, -0.15) is 0 Å². The van der Waals surface area contributed by atoms with E-state index in [4.69, 9.17) is 4.84 Å². The summed E-state index contributed by atoms with van der Waals surface area (Å²) >= 11 is 0. The average Bonchev–Trinajstić information content (AvgIpc) is 1.89. The van der Waals surface area contributed by atoms with E-state index < -0.39 is 0 Å². The number of rotatable bonds is 4. The zero-order valence-corrected chi connectivity index (χ0v) is 6.18. The number of oxime groups is 1. The van der Waals surface area contributed by atoms with Crippen LogP contribution in [0.3, 0.4) is 0 Å². The lowest BCUT2D eigenvalue weighted by Crippen LogP contribution is -1.91. The van der Waals surface area contributed by atoms with E-state index >= 15 is 0 Å². The SMILES string of the molecule is [CH2]CC(C)=NOCCC. The summed E-state index contributed by atoms with van der Waals surface area (Å²) in [6.45, 7) is 8.32. The van der Waals surface area contributed by atoms with Crippen LogP contribution >= 0.6 is 0 Å². The topological polar surface area (TPSA) is 21.6 Å².